The summed E-state index contributed by atoms with van der Waals surface area (Å²) >= 11 is 5.75. The van der Waals surface area contributed by atoms with Crippen LogP contribution in [-0.4, -0.2) is 64.7 Å². The van der Waals surface area contributed by atoms with E-state index in [9.17, 15) is 4.79 Å². The number of thiocarbonyl (C=S) groups is 1. The SMILES string of the molecule is COC(=O)c1cccc(-n2cccc2[C@@H]2[C@@H](c3ccccn3)NC(=S)N2CCN(C)C)c1. The second-order valence-corrected chi connectivity index (χ2v) is 8.35. The van der Waals surface area contributed by atoms with E-state index in [4.69, 9.17) is 17.0 Å². The van der Waals surface area contributed by atoms with E-state index in [1.165, 1.54) is 7.11 Å². The number of carbonyl (C=O) groups is 1. The highest BCUT2D eigenvalue weighted by Crippen LogP contribution is 2.39. The number of aromatic nitrogens is 2. The molecule has 0 saturated carbocycles. The number of benzene rings is 1. The zero-order valence-corrected chi connectivity index (χ0v) is 19.2. The average Bonchev–Trinajstić information content (AvgIpc) is 3.42. The molecule has 2 atom stereocenters. The van der Waals surface area contributed by atoms with Crippen molar-refractivity contribution in [2.24, 2.45) is 0 Å². The minimum atomic E-state index is -0.358. The summed E-state index contributed by atoms with van der Waals surface area (Å²) in [5.41, 5.74) is 3.39. The Labute approximate surface area is 193 Å². The van der Waals surface area contributed by atoms with E-state index in [-0.39, 0.29) is 18.1 Å². The lowest BCUT2D eigenvalue weighted by Crippen LogP contribution is -2.36. The number of carbonyl (C=O) groups excluding carboxylic acids is 1. The van der Waals surface area contributed by atoms with Crippen LogP contribution in [0.1, 0.15) is 33.8 Å². The van der Waals surface area contributed by atoms with Crippen LogP contribution in [0.3, 0.4) is 0 Å². The molecule has 0 radical (unpaired) electrons. The molecular formula is C24H27N5O2S. The Balaban J connectivity index is 1.77. The van der Waals surface area contributed by atoms with Gasteiger partial charge in [0.2, 0.25) is 0 Å². The second kappa shape index (κ2) is 9.50. The summed E-state index contributed by atoms with van der Waals surface area (Å²) in [6.07, 6.45) is 3.81. The van der Waals surface area contributed by atoms with Gasteiger partial charge in [0, 0.05) is 36.9 Å². The maximum Gasteiger partial charge on any atom is 0.337 e. The fourth-order valence-corrected chi connectivity index (χ4v) is 4.38. The zero-order chi connectivity index (χ0) is 22.7. The van der Waals surface area contributed by atoms with Crippen molar-refractivity contribution in [2.75, 3.05) is 34.3 Å². The molecule has 0 unspecified atom stereocenters. The first kappa shape index (κ1) is 22.0. The van der Waals surface area contributed by atoms with Crippen LogP contribution in [0, 0.1) is 0 Å². The van der Waals surface area contributed by atoms with E-state index in [0.29, 0.717) is 10.7 Å². The van der Waals surface area contributed by atoms with Crippen molar-refractivity contribution in [3.63, 3.8) is 0 Å². The Kier molecular flexibility index (Phi) is 6.53. The predicted molar refractivity (Wildman–Crippen MR) is 128 cm³/mol. The molecule has 1 aliphatic heterocycles. The molecule has 1 N–H and O–H groups in total. The summed E-state index contributed by atoms with van der Waals surface area (Å²) < 4.78 is 7.01. The highest BCUT2D eigenvalue weighted by molar-refractivity contribution is 7.80. The highest BCUT2D eigenvalue weighted by Gasteiger charge is 2.41. The Morgan fingerprint density at radius 1 is 1.19 bits per heavy atom. The van der Waals surface area contributed by atoms with Gasteiger partial charge in [-0.2, -0.15) is 0 Å². The lowest BCUT2D eigenvalue weighted by Gasteiger charge is -2.29. The summed E-state index contributed by atoms with van der Waals surface area (Å²) in [6.45, 7) is 1.64. The number of methoxy groups -OCH3 is 1. The van der Waals surface area contributed by atoms with Crippen molar-refractivity contribution in [2.45, 2.75) is 12.1 Å². The lowest BCUT2D eigenvalue weighted by molar-refractivity contribution is 0.0600. The summed E-state index contributed by atoms with van der Waals surface area (Å²) in [5, 5.41) is 4.20. The van der Waals surface area contributed by atoms with Crippen molar-refractivity contribution >= 4 is 23.3 Å². The first-order chi connectivity index (χ1) is 15.5. The standard InChI is InChI=1S/C24H27N5O2S/c1-27(2)14-15-29-22(21(26-24(29)32)19-10-4-5-12-25-19)20-11-7-13-28(20)18-9-6-8-17(16-18)23(30)31-3/h4-13,16,21-22H,14-15H2,1-3H3,(H,26,32)/t21-,22-/m1/s1. The third-order valence-electron chi connectivity index (χ3n) is 5.61. The van der Waals surface area contributed by atoms with Gasteiger partial charge in [0.05, 0.1) is 30.5 Å². The van der Waals surface area contributed by atoms with Crippen LogP contribution in [0.15, 0.2) is 67.0 Å². The van der Waals surface area contributed by atoms with Gasteiger partial charge in [-0.05, 0) is 68.8 Å². The van der Waals surface area contributed by atoms with Crippen molar-refractivity contribution in [1.29, 1.82) is 0 Å². The van der Waals surface area contributed by atoms with Crippen LogP contribution in [-0.2, 0) is 4.74 Å². The van der Waals surface area contributed by atoms with E-state index in [1.807, 2.05) is 48.7 Å². The van der Waals surface area contributed by atoms with Gasteiger partial charge < -0.3 is 24.4 Å². The van der Waals surface area contributed by atoms with E-state index in [1.54, 1.807) is 12.3 Å². The smallest absolute Gasteiger partial charge is 0.337 e. The number of hydrogen-bond donors (Lipinski definition) is 1. The number of likely N-dealkylation sites (N-methyl/N-ethyl adjacent to an activating group) is 1. The van der Waals surface area contributed by atoms with E-state index >= 15 is 0 Å². The largest absolute Gasteiger partial charge is 0.465 e. The first-order valence-corrected chi connectivity index (χ1v) is 10.9. The molecule has 1 fully saturated rings. The molecule has 1 aliphatic rings. The number of hydrogen-bond acceptors (Lipinski definition) is 5. The molecule has 0 amide bonds. The third-order valence-corrected chi connectivity index (χ3v) is 5.97. The summed E-state index contributed by atoms with van der Waals surface area (Å²) in [6, 6.07) is 17.3. The zero-order valence-electron chi connectivity index (χ0n) is 18.4. The molecule has 32 heavy (non-hydrogen) atoms. The fourth-order valence-electron chi connectivity index (χ4n) is 4.05. The molecule has 1 saturated heterocycles. The van der Waals surface area contributed by atoms with Gasteiger partial charge in [-0.3, -0.25) is 4.98 Å². The predicted octanol–water partition coefficient (Wildman–Crippen LogP) is 3.19. The third kappa shape index (κ3) is 4.37. The summed E-state index contributed by atoms with van der Waals surface area (Å²) in [7, 11) is 5.50. The maximum absolute atomic E-state index is 12.1. The van der Waals surface area contributed by atoms with Gasteiger partial charge >= 0.3 is 5.97 Å². The molecule has 3 heterocycles. The van der Waals surface area contributed by atoms with Crippen LogP contribution < -0.4 is 5.32 Å². The second-order valence-electron chi connectivity index (χ2n) is 7.97. The van der Waals surface area contributed by atoms with Crippen molar-refractivity contribution in [3.05, 3.63) is 83.9 Å². The Bertz CT molecular complexity index is 1100. The minimum Gasteiger partial charge on any atom is -0.465 e. The van der Waals surface area contributed by atoms with Crippen LogP contribution >= 0.6 is 12.2 Å². The van der Waals surface area contributed by atoms with E-state index in [2.05, 4.69) is 44.8 Å². The maximum atomic E-state index is 12.1. The molecule has 8 heteroatoms. The Morgan fingerprint density at radius 2 is 2.03 bits per heavy atom. The monoisotopic (exact) mass is 449 g/mol. The van der Waals surface area contributed by atoms with Crippen LogP contribution in [0.25, 0.3) is 5.69 Å². The van der Waals surface area contributed by atoms with Gasteiger partial charge in [0.25, 0.3) is 0 Å². The Hall–Kier alpha value is -3.23. The van der Waals surface area contributed by atoms with Crippen LogP contribution in [0.4, 0.5) is 0 Å². The molecule has 0 spiro atoms. The normalized spacial score (nSPS) is 18.1. The van der Waals surface area contributed by atoms with Gasteiger partial charge in [-0.15, -0.1) is 0 Å². The van der Waals surface area contributed by atoms with E-state index < -0.39 is 0 Å². The molecule has 0 aliphatic carbocycles. The fraction of sp³-hybridized carbons (Fsp3) is 0.292. The number of nitrogens with zero attached hydrogens (tertiary/aromatic N) is 4. The van der Waals surface area contributed by atoms with E-state index in [0.717, 1.165) is 30.2 Å². The molecule has 3 aromatic rings. The van der Waals surface area contributed by atoms with Crippen molar-refractivity contribution in [1.82, 2.24) is 24.7 Å². The minimum absolute atomic E-state index is 0.0610. The number of esters is 1. The number of rotatable bonds is 7. The van der Waals surface area contributed by atoms with Gasteiger partial charge in [-0.25, -0.2) is 4.79 Å². The van der Waals surface area contributed by atoms with Crippen LogP contribution in [0.5, 0.6) is 0 Å². The molecule has 1 aromatic carbocycles. The number of ether oxygens (including phenoxy) is 1. The van der Waals surface area contributed by atoms with Gasteiger partial charge in [0.1, 0.15) is 0 Å². The number of nitrogens with one attached hydrogen (secondary N) is 1. The topological polar surface area (TPSA) is 62.6 Å². The van der Waals surface area contributed by atoms with Gasteiger partial charge in [-0.1, -0.05) is 12.1 Å². The molecule has 2 aromatic heterocycles. The Morgan fingerprint density at radius 3 is 2.75 bits per heavy atom. The first-order valence-electron chi connectivity index (χ1n) is 10.5. The molecule has 4 rings (SSSR count). The quantitative estimate of drug-likeness (QED) is 0.439. The summed E-state index contributed by atoms with van der Waals surface area (Å²) in [4.78, 5) is 21.1. The molecule has 0 bridgehead atoms. The highest BCUT2D eigenvalue weighted by atomic mass is 32.1. The van der Waals surface area contributed by atoms with Crippen LogP contribution in [0.2, 0.25) is 0 Å². The average molecular weight is 450 g/mol. The summed E-state index contributed by atoms with van der Waals surface area (Å²) in [5.74, 6) is -0.358. The number of pyridine rings is 1. The van der Waals surface area contributed by atoms with Gasteiger partial charge in [0.15, 0.2) is 5.11 Å². The molecule has 7 nitrogen and oxygen atoms in total. The molecular weight excluding hydrogens is 422 g/mol. The van der Waals surface area contributed by atoms with Crippen molar-refractivity contribution in [3.8, 4) is 5.69 Å². The molecule has 166 valence electrons. The van der Waals surface area contributed by atoms with Crippen molar-refractivity contribution < 1.29 is 9.53 Å². The lowest BCUT2D eigenvalue weighted by atomic mass is 10.0.